The Bertz CT molecular complexity index is 665. The summed E-state index contributed by atoms with van der Waals surface area (Å²) in [5, 5.41) is 18.5. The van der Waals surface area contributed by atoms with Gasteiger partial charge in [-0.25, -0.2) is 0 Å². The first kappa shape index (κ1) is 12.3. The van der Waals surface area contributed by atoms with E-state index in [2.05, 4.69) is 10.3 Å². The number of hydrogen-bond acceptors (Lipinski definition) is 5. The maximum absolute atomic E-state index is 12.2. The molecule has 0 saturated carbocycles. The van der Waals surface area contributed by atoms with Gasteiger partial charge in [-0.2, -0.15) is 4.68 Å². The molecule has 0 amide bonds. The van der Waals surface area contributed by atoms with Gasteiger partial charge in [-0.1, -0.05) is 17.3 Å². The van der Waals surface area contributed by atoms with Crippen LogP contribution in [0.15, 0.2) is 29.1 Å². The van der Waals surface area contributed by atoms with Crippen LogP contribution in [-0.4, -0.2) is 43.7 Å². The number of rotatable bonds is 2. The minimum absolute atomic E-state index is 0.142. The van der Waals surface area contributed by atoms with E-state index in [9.17, 15) is 9.90 Å². The average Bonchev–Trinajstić information content (AvgIpc) is 2.73. The Morgan fingerprint density at radius 2 is 2.21 bits per heavy atom. The van der Waals surface area contributed by atoms with Crippen LogP contribution in [-0.2, 0) is 6.67 Å². The van der Waals surface area contributed by atoms with Crippen LogP contribution < -0.4 is 5.56 Å². The Labute approximate surface area is 110 Å². The highest BCUT2D eigenvalue weighted by atomic mass is 16.3. The number of fused-ring (bicyclic) bond motifs is 1. The van der Waals surface area contributed by atoms with Crippen molar-refractivity contribution in [3.8, 4) is 0 Å². The van der Waals surface area contributed by atoms with Crippen molar-refractivity contribution in [1.29, 1.82) is 0 Å². The van der Waals surface area contributed by atoms with Gasteiger partial charge in [-0.05, 0) is 25.5 Å². The number of hydrogen-bond donors (Lipinski definition) is 1. The van der Waals surface area contributed by atoms with Crippen molar-refractivity contribution >= 4 is 10.9 Å². The van der Waals surface area contributed by atoms with Crippen molar-refractivity contribution < 1.29 is 5.11 Å². The lowest BCUT2D eigenvalue weighted by Gasteiger charge is -2.18. The molecule has 3 rings (SSSR count). The molecule has 100 valence electrons. The molecule has 1 aliphatic rings. The lowest BCUT2D eigenvalue weighted by Crippen LogP contribution is -2.35. The van der Waals surface area contributed by atoms with Gasteiger partial charge in [0.15, 0.2) is 0 Å². The molecule has 0 spiro atoms. The van der Waals surface area contributed by atoms with Gasteiger partial charge in [-0.15, -0.1) is 5.10 Å². The standard InChI is InChI=1S/C13H16N4O2/c1-13(19)6-7-16(8-13)9-17-12(18)10-4-2-3-5-11(10)14-15-17/h2-5,19H,6-9H2,1H3. The highest BCUT2D eigenvalue weighted by Crippen LogP contribution is 2.20. The van der Waals surface area contributed by atoms with E-state index in [4.69, 9.17) is 0 Å². The summed E-state index contributed by atoms with van der Waals surface area (Å²) in [7, 11) is 0. The second kappa shape index (κ2) is 4.40. The minimum Gasteiger partial charge on any atom is -0.389 e. The first-order valence-corrected chi connectivity index (χ1v) is 6.32. The molecule has 2 heterocycles. The molecule has 1 aliphatic heterocycles. The molecular formula is C13H16N4O2. The SMILES string of the molecule is CC1(O)CCN(Cn2nnc3ccccc3c2=O)C1. The van der Waals surface area contributed by atoms with Crippen LogP contribution >= 0.6 is 0 Å². The second-order valence-electron chi connectivity index (χ2n) is 5.35. The van der Waals surface area contributed by atoms with Crippen LogP contribution in [0.2, 0.25) is 0 Å². The summed E-state index contributed by atoms with van der Waals surface area (Å²) in [4.78, 5) is 14.3. The fourth-order valence-electron chi connectivity index (χ4n) is 2.46. The lowest BCUT2D eigenvalue weighted by atomic mass is 10.1. The van der Waals surface area contributed by atoms with Crippen molar-refractivity contribution in [2.45, 2.75) is 25.6 Å². The van der Waals surface area contributed by atoms with E-state index in [0.29, 0.717) is 30.5 Å². The molecule has 2 aromatic rings. The van der Waals surface area contributed by atoms with E-state index < -0.39 is 5.60 Å². The highest BCUT2D eigenvalue weighted by Gasteiger charge is 2.31. The quantitative estimate of drug-likeness (QED) is 0.835. The first-order valence-electron chi connectivity index (χ1n) is 6.32. The van der Waals surface area contributed by atoms with Crippen molar-refractivity contribution in [2.24, 2.45) is 0 Å². The maximum atomic E-state index is 12.2. The molecular weight excluding hydrogens is 244 g/mol. The van der Waals surface area contributed by atoms with E-state index >= 15 is 0 Å². The summed E-state index contributed by atoms with van der Waals surface area (Å²) < 4.78 is 1.35. The summed E-state index contributed by atoms with van der Waals surface area (Å²) in [5.74, 6) is 0. The number of likely N-dealkylation sites (tertiary alicyclic amines) is 1. The number of aliphatic hydroxyl groups is 1. The van der Waals surface area contributed by atoms with E-state index in [-0.39, 0.29) is 5.56 Å². The van der Waals surface area contributed by atoms with Gasteiger partial charge in [0, 0.05) is 13.1 Å². The lowest BCUT2D eigenvalue weighted by molar-refractivity contribution is 0.0632. The van der Waals surface area contributed by atoms with Gasteiger partial charge < -0.3 is 5.11 Å². The first-order chi connectivity index (χ1) is 9.05. The molecule has 1 aromatic carbocycles. The molecule has 1 atom stereocenters. The Kier molecular flexibility index (Phi) is 2.83. The Balaban J connectivity index is 1.90. The third-order valence-electron chi connectivity index (χ3n) is 3.49. The molecule has 1 unspecified atom stereocenters. The van der Waals surface area contributed by atoms with Crippen LogP contribution in [0.1, 0.15) is 13.3 Å². The molecule has 1 N–H and O–H groups in total. The van der Waals surface area contributed by atoms with E-state index in [0.717, 1.165) is 6.54 Å². The zero-order valence-corrected chi connectivity index (χ0v) is 10.8. The van der Waals surface area contributed by atoms with Crippen LogP contribution in [0.25, 0.3) is 10.9 Å². The summed E-state index contributed by atoms with van der Waals surface area (Å²) >= 11 is 0. The van der Waals surface area contributed by atoms with Crippen LogP contribution in [0.3, 0.4) is 0 Å². The molecule has 19 heavy (non-hydrogen) atoms. The molecule has 6 heteroatoms. The third-order valence-corrected chi connectivity index (χ3v) is 3.49. The Morgan fingerprint density at radius 1 is 1.42 bits per heavy atom. The molecule has 1 aromatic heterocycles. The number of nitrogens with zero attached hydrogens (tertiary/aromatic N) is 4. The largest absolute Gasteiger partial charge is 0.389 e. The summed E-state index contributed by atoms with van der Waals surface area (Å²) in [6.45, 7) is 3.48. The molecule has 1 fully saturated rings. The normalized spacial score (nSPS) is 24.1. The predicted octanol–water partition coefficient (Wildman–Crippen LogP) is 0.206. The van der Waals surface area contributed by atoms with E-state index in [1.165, 1.54) is 4.68 Å². The van der Waals surface area contributed by atoms with Crippen LogP contribution in [0, 0.1) is 0 Å². The van der Waals surface area contributed by atoms with Crippen LogP contribution in [0.5, 0.6) is 0 Å². The number of aromatic nitrogens is 3. The van der Waals surface area contributed by atoms with Gasteiger partial charge in [-0.3, -0.25) is 9.69 Å². The molecule has 1 saturated heterocycles. The molecule has 0 aliphatic carbocycles. The zero-order valence-electron chi connectivity index (χ0n) is 10.8. The van der Waals surface area contributed by atoms with Crippen molar-refractivity contribution in [3.05, 3.63) is 34.6 Å². The molecule has 0 radical (unpaired) electrons. The molecule has 0 bridgehead atoms. The summed E-state index contributed by atoms with van der Waals surface area (Å²) in [5.41, 5.74) is -0.206. The number of β-amino-alcohol motifs (C(OH)–C–C–N with tert-alkyl or cyclic N) is 1. The second-order valence-corrected chi connectivity index (χ2v) is 5.35. The predicted molar refractivity (Wildman–Crippen MR) is 70.6 cm³/mol. The maximum Gasteiger partial charge on any atom is 0.278 e. The van der Waals surface area contributed by atoms with Crippen molar-refractivity contribution in [1.82, 2.24) is 19.9 Å². The minimum atomic E-state index is -0.673. The van der Waals surface area contributed by atoms with Gasteiger partial charge >= 0.3 is 0 Å². The number of benzene rings is 1. The topological polar surface area (TPSA) is 71.2 Å². The van der Waals surface area contributed by atoms with Gasteiger partial charge in [0.1, 0.15) is 5.52 Å². The fourth-order valence-corrected chi connectivity index (χ4v) is 2.46. The Morgan fingerprint density at radius 3 is 2.95 bits per heavy atom. The van der Waals surface area contributed by atoms with E-state index in [1.54, 1.807) is 12.1 Å². The van der Waals surface area contributed by atoms with Crippen molar-refractivity contribution in [3.63, 3.8) is 0 Å². The highest BCUT2D eigenvalue weighted by molar-refractivity contribution is 5.76. The van der Waals surface area contributed by atoms with E-state index in [1.807, 2.05) is 24.0 Å². The zero-order chi connectivity index (χ0) is 13.5. The third kappa shape index (κ3) is 2.36. The monoisotopic (exact) mass is 260 g/mol. The van der Waals surface area contributed by atoms with Gasteiger partial charge in [0.2, 0.25) is 0 Å². The van der Waals surface area contributed by atoms with Crippen LogP contribution in [0.4, 0.5) is 0 Å². The smallest absolute Gasteiger partial charge is 0.278 e. The fraction of sp³-hybridized carbons (Fsp3) is 0.462. The van der Waals surface area contributed by atoms with Gasteiger partial charge in [0.25, 0.3) is 5.56 Å². The summed E-state index contributed by atoms with van der Waals surface area (Å²) in [6, 6.07) is 7.17. The molecule has 6 nitrogen and oxygen atoms in total. The Hall–Kier alpha value is -1.79. The van der Waals surface area contributed by atoms with Crippen molar-refractivity contribution in [2.75, 3.05) is 13.1 Å². The summed E-state index contributed by atoms with van der Waals surface area (Å²) in [6.07, 6.45) is 0.711. The average molecular weight is 260 g/mol. The van der Waals surface area contributed by atoms with Gasteiger partial charge in [0.05, 0.1) is 17.7 Å².